The van der Waals surface area contributed by atoms with E-state index in [0.29, 0.717) is 11.1 Å². The van der Waals surface area contributed by atoms with Crippen molar-refractivity contribution >= 4 is 35.5 Å². The van der Waals surface area contributed by atoms with Gasteiger partial charge in [-0.1, -0.05) is 24.3 Å². The Morgan fingerprint density at radius 2 is 1.50 bits per heavy atom. The number of phenolic OH excluding ortho intramolecular Hbond substituents is 2. The number of carbonyl (C=O) groups is 4. The number of thioether (sulfide) groups is 1. The zero-order chi connectivity index (χ0) is 26.4. The van der Waals surface area contributed by atoms with Gasteiger partial charge in [0.1, 0.15) is 41.0 Å². The van der Waals surface area contributed by atoms with Gasteiger partial charge in [-0.15, -0.1) is 11.8 Å². The number of hydrogen-bond donors (Lipinski definition) is 6. The largest absolute Gasteiger partial charge is 0.508 e. The first-order valence-electron chi connectivity index (χ1n) is 11.1. The summed E-state index contributed by atoms with van der Waals surface area (Å²) >= 11 is 1.28. The number of benzene rings is 2. The van der Waals surface area contributed by atoms with Crippen molar-refractivity contribution in [2.24, 2.45) is 5.73 Å². The highest BCUT2D eigenvalue weighted by Gasteiger charge is 2.64. The molecule has 0 saturated carbocycles. The SMILES string of the molecule is CC1(C)S[C@H]2[C@@H](NC(=O)[C@@H](NC(=O)[C@@H](N)c3ccc(O)cc3)c3ccc(O)cc3)C(=O)N2[C@@H]1C(=O)O. The molecule has 2 aliphatic rings. The van der Waals surface area contributed by atoms with Crippen molar-refractivity contribution in [3.8, 4) is 11.5 Å². The van der Waals surface area contributed by atoms with Crippen LogP contribution in [0.2, 0.25) is 0 Å². The first-order valence-corrected chi connectivity index (χ1v) is 12.0. The van der Waals surface area contributed by atoms with E-state index in [1.807, 2.05) is 0 Å². The molecule has 4 rings (SSSR count). The Hall–Kier alpha value is -3.77. The van der Waals surface area contributed by atoms with E-state index in [1.165, 1.54) is 65.2 Å². The number of carboxylic acid groups (broad SMARTS) is 1. The molecular formula is C24H26N4O7S. The number of amides is 3. The highest BCUT2D eigenvalue weighted by Crippen LogP contribution is 2.50. The summed E-state index contributed by atoms with van der Waals surface area (Å²) in [5.41, 5.74) is 6.80. The monoisotopic (exact) mass is 514 g/mol. The van der Waals surface area contributed by atoms with Crippen LogP contribution in [0, 0.1) is 0 Å². The van der Waals surface area contributed by atoms with E-state index in [9.17, 15) is 34.5 Å². The van der Waals surface area contributed by atoms with Crippen LogP contribution in [-0.4, -0.2) is 66.1 Å². The summed E-state index contributed by atoms with van der Waals surface area (Å²) in [6.07, 6.45) is 0. The van der Waals surface area contributed by atoms with Crippen molar-refractivity contribution in [1.82, 2.24) is 15.5 Å². The highest BCUT2D eigenvalue weighted by molar-refractivity contribution is 8.01. The number of fused-ring (bicyclic) bond motifs is 1. The maximum Gasteiger partial charge on any atom is 0.327 e. The van der Waals surface area contributed by atoms with Crippen molar-refractivity contribution in [2.75, 3.05) is 0 Å². The summed E-state index contributed by atoms with van der Waals surface area (Å²) in [7, 11) is 0. The Balaban J connectivity index is 1.54. The van der Waals surface area contributed by atoms with Gasteiger partial charge in [0.25, 0.3) is 0 Å². The van der Waals surface area contributed by atoms with E-state index in [0.717, 1.165) is 0 Å². The topological polar surface area (TPSA) is 182 Å². The summed E-state index contributed by atoms with van der Waals surface area (Å²) in [5.74, 6) is -3.05. The van der Waals surface area contributed by atoms with E-state index in [-0.39, 0.29) is 11.5 Å². The van der Waals surface area contributed by atoms with Gasteiger partial charge >= 0.3 is 5.97 Å². The van der Waals surface area contributed by atoms with Crippen LogP contribution >= 0.6 is 11.8 Å². The summed E-state index contributed by atoms with van der Waals surface area (Å²) in [5, 5.41) is 33.4. The lowest BCUT2D eigenvalue weighted by molar-refractivity contribution is -0.161. The number of carbonyl (C=O) groups excluding carboxylic acids is 3. The lowest BCUT2D eigenvalue weighted by atomic mass is 9.95. The summed E-state index contributed by atoms with van der Waals surface area (Å²) in [6.45, 7) is 3.45. The van der Waals surface area contributed by atoms with Gasteiger partial charge in [-0.25, -0.2) is 4.79 Å². The first-order chi connectivity index (χ1) is 16.9. The first kappa shape index (κ1) is 25.3. The van der Waals surface area contributed by atoms with Gasteiger partial charge < -0.3 is 36.6 Å². The predicted octanol–water partition coefficient (Wildman–Crippen LogP) is 0.587. The Bertz CT molecular complexity index is 1200. The Morgan fingerprint density at radius 1 is 0.972 bits per heavy atom. The molecular weight excluding hydrogens is 488 g/mol. The second-order valence-corrected chi connectivity index (χ2v) is 11.0. The minimum Gasteiger partial charge on any atom is -0.508 e. The van der Waals surface area contributed by atoms with Crippen molar-refractivity contribution in [1.29, 1.82) is 0 Å². The maximum absolute atomic E-state index is 13.3. The number of aliphatic carboxylic acids is 1. The molecule has 2 aliphatic heterocycles. The predicted molar refractivity (Wildman–Crippen MR) is 130 cm³/mol. The summed E-state index contributed by atoms with van der Waals surface area (Å²) in [4.78, 5) is 52.0. The van der Waals surface area contributed by atoms with Gasteiger partial charge in [0.05, 0.1) is 0 Å². The number of phenols is 2. The molecule has 2 saturated heterocycles. The fourth-order valence-electron chi connectivity index (χ4n) is 4.41. The fourth-order valence-corrected chi connectivity index (χ4v) is 6.04. The van der Waals surface area contributed by atoms with Crippen LogP contribution in [0.1, 0.15) is 37.1 Å². The standard InChI is InChI=1S/C24H26N4O7S/c1-24(2)18(23(34)35)28-21(33)17(22(28)36-24)27-20(32)16(12-5-9-14(30)10-6-12)26-19(31)15(25)11-3-7-13(29)8-4-11/h3-10,15-18,22,29-30H,25H2,1-2H3,(H,26,31)(H,27,32)(H,34,35)/t15-,16-,17-,18+,22-/m0/s1. The third-order valence-corrected chi connectivity index (χ3v) is 7.85. The molecule has 3 amide bonds. The van der Waals surface area contributed by atoms with E-state index in [1.54, 1.807) is 13.8 Å². The molecule has 12 heteroatoms. The van der Waals surface area contributed by atoms with Gasteiger partial charge in [-0.2, -0.15) is 0 Å². The lowest BCUT2D eigenvalue weighted by Crippen LogP contribution is -2.71. The van der Waals surface area contributed by atoms with Crippen LogP contribution in [0.5, 0.6) is 11.5 Å². The van der Waals surface area contributed by atoms with Crippen molar-refractivity contribution in [3.63, 3.8) is 0 Å². The zero-order valence-electron chi connectivity index (χ0n) is 19.4. The van der Waals surface area contributed by atoms with E-state index < -0.39 is 58.0 Å². The second kappa shape index (κ2) is 9.36. The number of aromatic hydroxyl groups is 2. The molecule has 0 aromatic heterocycles. The van der Waals surface area contributed by atoms with Crippen molar-refractivity contribution in [2.45, 2.75) is 48.1 Å². The van der Waals surface area contributed by atoms with Crippen LogP contribution < -0.4 is 16.4 Å². The molecule has 0 aliphatic carbocycles. The molecule has 0 radical (unpaired) electrons. The molecule has 5 atom stereocenters. The maximum atomic E-state index is 13.3. The molecule has 7 N–H and O–H groups in total. The lowest BCUT2D eigenvalue weighted by Gasteiger charge is -2.44. The Labute approximate surface area is 210 Å². The smallest absolute Gasteiger partial charge is 0.327 e. The van der Waals surface area contributed by atoms with Crippen LogP contribution in [-0.2, 0) is 19.2 Å². The number of β-lactam (4-membered cyclic amide) rings is 1. The number of nitrogens with zero attached hydrogens (tertiary/aromatic N) is 1. The minimum absolute atomic E-state index is 0.00464. The van der Waals surface area contributed by atoms with Gasteiger partial charge in [0.2, 0.25) is 17.7 Å². The van der Waals surface area contributed by atoms with E-state index in [2.05, 4.69) is 10.6 Å². The van der Waals surface area contributed by atoms with Crippen LogP contribution in [0.4, 0.5) is 0 Å². The van der Waals surface area contributed by atoms with Gasteiger partial charge in [-0.05, 0) is 49.2 Å². The molecule has 0 bridgehead atoms. The normalized spacial score (nSPS) is 23.7. The number of hydrogen-bond acceptors (Lipinski definition) is 8. The molecule has 11 nitrogen and oxygen atoms in total. The van der Waals surface area contributed by atoms with Crippen LogP contribution in [0.15, 0.2) is 48.5 Å². The quantitative estimate of drug-likeness (QED) is 0.288. The Morgan fingerprint density at radius 3 is 2.03 bits per heavy atom. The molecule has 0 unspecified atom stereocenters. The third kappa shape index (κ3) is 4.56. The Kier molecular flexibility index (Phi) is 6.58. The number of carboxylic acids is 1. The number of rotatable bonds is 7. The number of nitrogens with one attached hydrogen (secondary N) is 2. The molecule has 2 fully saturated rings. The molecule has 190 valence electrons. The summed E-state index contributed by atoms with van der Waals surface area (Å²) in [6, 6.07) is 6.94. The fraction of sp³-hybridized carbons (Fsp3) is 0.333. The second-order valence-electron chi connectivity index (χ2n) is 9.19. The van der Waals surface area contributed by atoms with Crippen LogP contribution in [0.3, 0.4) is 0 Å². The average molecular weight is 515 g/mol. The van der Waals surface area contributed by atoms with E-state index in [4.69, 9.17) is 5.73 Å². The van der Waals surface area contributed by atoms with Gasteiger partial charge in [0, 0.05) is 4.75 Å². The van der Waals surface area contributed by atoms with E-state index >= 15 is 0 Å². The molecule has 2 heterocycles. The zero-order valence-corrected chi connectivity index (χ0v) is 20.2. The average Bonchev–Trinajstić information content (AvgIpc) is 3.09. The van der Waals surface area contributed by atoms with Crippen LogP contribution in [0.25, 0.3) is 0 Å². The minimum atomic E-state index is -1.25. The molecule has 0 spiro atoms. The van der Waals surface area contributed by atoms with Crippen molar-refractivity contribution in [3.05, 3.63) is 59.7 Å². The van der Waals surface area contributed by atoms with Gasteiger partial charge in [-0.3, -0.25) is 14.4 Å². The number of nitrogens with two attached hydrogens (primary N) is 1. The molecule has 2 aromatic carbocycles. The van der Waals surface area contributed by atoms with Gasteiger partial charge in [0.15, 0.2) is 0 Å². The highest BCUT2D eigenvalue weighted by atomic mass is 32.2. The molecule has 2 aromatic rings. The molecule has 36 heavy (non-hydrogen) atoms. The summed E-state index contributed by atoms with van der Waals surface area (Å²) < 4.78 is -0.757. The van der Waals surface area contributed by atoms with Crippen molar-refractivity contribution < 1.29 is 34.5 Å². The third-order valence-electron chi connectivity index (χ3n) is 6.28.